The summed E-state index contributed by atoms with van der Waals surface area (Å²) in [5.41, 5.74) is 1.88. The zero-order chi connectivity index (χ0) is 8.10. The number of rotatable bonds is 2. The molecular weight excluding hydrogens is 138 g/mol. The third-order valence-corrected chi connectivity index (χ3v) is 1.34. The molecule has 0 spiro atoms. The fourth-order valence-electron chi connectivity index (χ4n) is 0.767. The molecule has 1 N–H and O–H groups in total. The van der Waals surface area contributed by atoms with Crippen molar-refractivity contribution in [2.45, 2.75) is 6.92 Å². The molecule has 56 valence electrons. The van der Waals surface area contributed by atoms with Crippen molar-refractivity contribution >= 4 is 12.0 Å². The molecule has 0 saturated heterocycles. The molecule has 0 aliphatic heterocycles. The second-order valence-corrected chi connectivity index (χ2v) is 2.13. The lowest BCUT2D eigenvalue weighted by Crippen LogP contribution is -1.70. The zero-order valence-electron chi connectivity index (χ0n) is 6.28. The lowest BCUT2D eigenvalue weighted by atomic mass is 10.2. The first-order chi connectivity index (χ1) is 5.34. The minimum Gasteiger partial charge on any atom is -0.288 e. The summed E-state index contributed by atoms with van der Waals surface area (Å²) in [5.74, 6) is 0. The van der Waals surface area contributed by atoms with Gasteiger partial charge in [0.1, 0.15) is 6.34 Å². The zero-order valence-corrected chi connectivity index (χ0v) is 6.28. The van der Waals surface area contributed by atoms with Crippen molar-refractivity contribution in [3.63, 3.8) is 0 Å². The smallest absolute Gasteiger partial charge is 0.129 e. The van der Waals surface area contributed by atoms with E-state index in [9.17, 15) is 0 Å². The summed E-state index contributed by atoms with van der Waals surface area (Å²) in [6, 6.07) is 7.66. The molecule has 3 nitrogen and oxygen atoms in total. The van der Waals surface area contributed by atoms with Gasteiger partial charge >= 0.3 is 0 Å². The molecule has 0 saturated carbocycles. The summed E-state index contributed by atoms with van der Waals surface area (Å²) in [6.45, 7) is 1.96. The van der Waals surface area contributed by atoms with Gasteiger partial charge in [-0.1, -0.05) is 18.2 Å². The van der Waals surface area contributed by atoms with E-state index in [4.69, 9.17) is 5.41 Å². The van der Waals surface area contributed by atoms with E-state index in [0.717, 1.165) is 17.6 Å². The summed E-state index contributed by atoms with van der Waals surface area (Å²) >= 11 is 0. The largest absolute Gasteiger partial charge is 0.288 e. The molecule has 3 heteroatoms. The van der Waals surface area contributed by atoms with E-state index in [1.54, 1.807) is 0 Å². The van der Waals surface area contributed by atoms with E-state index in [1.165, 1.54) is 0 Å². The van der Waals surface area contributed by atoms with Crippen LogP contribution in [0, 0.1) is 12.3 Å². The Labute approximate surface area is 65.3 Å². The molecule has 0 bridgehead atoms. The van der Waals surface area contributed by atoms with Crippen molar-refractivity contribution < 1.29 is 0 Å². The summed E-state index contributed by atoms with van der Waals surface area (Å²) in [4.78, 5) is 0. The van der Waals surface area contributed by atoms with Crippen LogP contribution in [0.4, 0.5) is 5.69 Å². The van der Waals surface area contributed by atoms with E-state index in [1.807, 2.05) is 31.2 Å². The quantitative estimate of drug-likeness (QED) is 0.380. The molecule has 0 aliphatic rings. The van der Waals surface area contributed by atoms with Crippen molar-refractivity contribution in [1.82, 2.24) is 0 Å². The van der Waals surface area contributed by atoms with Gasteiger partial charge < -0.3 is 0 Å². The van der Waals surface area contributed by atoms with E-state index in [-0.39, 0.29) is 0 Å². The maximum atomic E-state index is 6.64. The first kappa shape index (κ1) is 7.60. The van der Waals surface area contributed by atoms with Gasteiger partial charge in [0.15, 0.2) is 0 Å². The Kier molecular flexibility index (Phi) is 2.49. The Balaban J connectivity index is 2.94. The molecule has 0 radical (unpaired) electrons. The molecule has 0 unspecified atom stereocenters. The minimum atomic E-state index is 0.816. The molecule has 11 heavy (non-hydrogen) atoms. The molecule has 1 aromatic carbocycles. The molecule has 0 aliphatic carbocycles. The van der Waals surface area contributed by atoms with Gasteiger partial charge in [-0.05, 0) is 18.6 Å². The molecule has 0 atom stereocenters. The third kappa shape index (κ3) is 1.97. The normalized spacial score (nSPS) is 10.3. The predicted octanol–water partition coefficient (Wildman–Crippen LogP) is 2.69. The van der Waals surface area contributed by atoms with Crippen LogP contribution in [0.5, 0.6) is 0 Å². The van der Waals surface area contributed by atoms with Crippen LogP contribution in [0.1, 0.15) is 5.56 Å². The van der Waals surface area contributed by atoms with Crippen molar-refractivity contribution in [2.75, 3.05) is 0 Å². The summed E-state index contributed by atoms with van der Waals surface area (Å²) in [6.07, 6.45) is 0.923. The van der Waals surface area contributed by atoms with E-state index in [0.29, 0.717) is 0 Å². The lowest BCUT2D eigenvalue weighted by molar-refractivity contribution is 1.25. The number of benzene rings is 1. The van der Waals surface area contributed by atoms with Gasteiger partial charge in [-0.2, -0.15) is 0 Å². The minimum absolute atomic E-state index is 0.816. The second-order valence-electron chi connectivity index (χ2n) is 2.13. The number of nitrogens with zero attached hydrogens (tertiary/aromatic N) is 2. The molecule has 0 aromatic heterocycles. The van der Waals surface area contributed by atoms with Crippen LogP contribution in [0.2, 0.25) is 0 Å². The van der Waals surface area contributed by atoms with E-state index < -0.39 is 0 Å². The van der Waals surface area contributed by atoms with E-state index >= 15 is 0 Å². The lowest BCUT2D eigenvalue weighted by Gasteiger charge is -1.94. The Morgan fingerprint density at radius 1 is 1.36 bits per heavy atom. The average Bonchev–Trinajstić information content (AvgIpc) is 2.03. The van der Waals surface area contributed by atoms with Gasteiger partial charge in [-0.25, -0.2) is 0 Å². The average molecular weight is 147 g/mol. The third-order valence-electron chi connectivity index (χ3n) is 1.34. The van der Waals surface area contributed by atoms with Crippen molar-refractivity contribution in [1.29, 1.82) is 5.41 Å². The van der Waals surface area contributed by atoms with Crippen LogP contribution in [0.25, 0.3) is 0 Å². The van der Waals surface area contributed by atoms with Crippen molar-refractivity contribution in [3.05, 3.63) is 29.8 Å². The number of hydrogen-bond donors (Lipinski definition) is 1. The molecule has 1 aromatic rings. The van der Waals surface area contributed by atoms with Crippen LogP contribution in [0.15, 0.2) is 34.5 Å². The summed E-state index contributed by atoms with van der Waals surface area (Å²) in [7, 11) is 0. The van der Waals surface area contributed by atoms with Gasteiger partial charge in [0.05, 0.1) is 5.69 Å². The number of azo groups is 1. The van der Waals surface area contributed by atoms with Crippen LogP contribution >= 0.6 is 0 Å². The first-order valence-corrected chi connectivity index (χ1v) is 3.30. The molecule has 1 rings (SSSR count). The Hall–Kier alpha value is -1.51. The molecule has 0 fully saturated rings. The standard InChI is InChI=1S/C8H9N3/c1-7-4-2-3-5-8(7)11-10-6-9/h2-6,9H,1H3. The second kappa shape index (κ2) is 3.61. The highest BCUT2D eigenvalue weighted by atomic mass is 15.1. The number of hydrogen-bond acceptors (Lipinski definition) is 2. The van der Waals surface area contributed by atoms with Gasteiger partial charge in [-0.3, -0.25) is 5.41 Å². The van der Waals surface area contributed by atoms with Crippen LogP contribution in [0.3, 0.4) is 0 Å². The Bertz CT molecular complexity index is 278. The van der Waals surface area contributed by atoms with Crippen LogP contribution in [-0.2, 0) is 0 Å². The van der Waals surface area contributed by atoms with Crippen LogP contribution in [-0.4, -0.2) is 6.34 Å². The van der Waals surface area contributed by atoms with Gasteiger partial charge in [0, 0.05) is 0 Å². The van der Waals surface area contributed by atoms with E-state index in [2.05, 4.69) is 10.2 Å². The maximum absolute atomic E-state index is 6.64. The molecule has 0 amide bonds. The topological polar surface area (TPSA) is 48.6 Å². The van der Waals surface area contributed by atoms with Gasteiger partial charge in [-0.15, -0.1) is 10.2 Å². The molecule has 0 heterocycles. The Morgan fingerprint density at radius 2 is 2.09 bits per heavy atom. The highest BCUT2D eigenvalue weighted by Crippen LogP contribution is 2.16. The highest BCUT2D eigenvalue weighted by Gasteiger charge is 1.90. The van der Waals surface area contributed by atoms with Crippen molar-refractivity contribution in [2.24, 2.45) is 10.2 Å². The summed E-state index contributed by atoms with van der Waals surface area (Å²) < 4.78 is 0. The number of nitrogens with one attached hydrogen (secondary N) is 1. The molecular formula is C8H9N3. The van der Waals surface area contributed by atoms with Gasteiger partial charge in [0.2, 0.25) is 0 Å². The summed E-state index contributed by atoms with van der Waals surface area (Å²) in [5, 5.41) is 13.9. The Morgan fingerprint density at radius 3 is 2.73 bits per heavy atom. The van der Waals surface area contributed by atoms with Crippen LogP contribution < -0.4 is 0 Å². The first-order valence-electron chi connectivity index (χ1n) is 3.30. The van der Waals surface area contributed by atoms with Crippen molar-refractivity contribution in [3.8, 4) is 0 Å². The fraction of sp³-hybridized carbons (Fsp3) is 0.125. The fourth-order valence-corrected chi connectivity index (χ4v) is 0.767. The van der Waals surface area contributed by atoms with Gasteiger partial charge in [0.25, 0.3) is 0 Å². The highest BCUT2D eigenvalue weighted by molar-refractivity contribution is 5.52. The number of aryl methyl sites for hydroxylation is 1. The SMILES string of the molecule is Cc1ccccc1N=NC=N. The maximum Gasteiger partial charge on any atom is 0.129 e. The monoisotopic (exact) mass is 147 g/mol. The predicted molar refractivity (Wildman–Crippen MR) is 44.5 cm³/mol.